The zero-order valence-corrected chi connectivity index (χ0v) is 8.23. The third-order valence-electron chi connectivity index (χ3n) is 1.85. The average Bonchev–Trinajstić information content (AvgIpc) is 2.26. The van der Waals surface area contributed by atoms with Crippen LogP contribution in [-0.2, 0) is 6.73 Å². The fourth-order valence-electron chi connectivity index (χ4n) is 1.04. The van der Waals surface area contributed by atoms with Crippen molar-refractivity contribution in [1.29, 1.82) is 0 Å². The van der Waals surface area contributed by atoms with Gasteiger partial charge >= 0.3 is 0 Å². The lowest BCUT2D eigenvalue weighted by molar-refractivity contribution is -0.729. The molecule has 1 aromatic rings. The fraction of sp³-hybridized carbons (Fsp3) is 0.400. The first-order valence-corrected chi connectivity index (χ1v) is 4.66. The topological polar surface area (TPSA) is 53.2 Å². The van der Waals surface area contributed by atoms with Crippen LogP contribution in [0, 0.1) is 0 Å². The second-order valence-corrected chi connectivity index (χ2v) is 3.00. The van der Waals surface area contributed by atoms with Gasteiger partial charge < -0.3 is 10.4 Å². The number of aliphatic hydroxyl groups is 1. The minimum Gasteiger partial charge on any atom is -0.352 e. The molecule has 0 aliphatic heterocycles. The number of hydrogen-bond donors (Lipinski definition) is 2. The number of nitrogens with zero attached hydrogens (tertiary/aromatic N) is 1. The monoisotopic (exact) mass is 195 g/mol. The van der Waals surface area contributed by atoms with E-state index in [1.165, 1.54) is 0 Å². The Morgan fingerprint density at radius 1 is 1.50 bits per heavy atom. The number of hydrogen-bond acceptors (Lipinski definition) is 2. The van der Waals surface area contributed by atoms with Crippen molar-refractivity contribution in [3.63, 3.8) is 0 Å². The summed E-state index contributed by atoms with van der Waals surface area (Å²) in [7, 11) is 0. The van der Waals surface area contributed by atoms with Crippen LogP contribution in [0.25, 0.3) is 0 Å². The van der Waals surface area contributed by atoms with E-state index in [9.17, 15) is 4.79 Å². The molecule has 2 N–H and O–H groups in total. The molecule has 0 saturated carbocycles. The molecule has 76 valence electrons. The SMILES string of the molecule is CCCNC(=O)c1cc[n+](CO)cc1. The summed E-state index contributed by atoms with van der Waals surface area (Å²) in [6.45, 7) is 2.62. The Kier molecular flexibility index (Phi) is 4.07. The van der Waals surface area contributed by atoms with Crippen LogP contribution >= 0.6 is 0 Å². The quantitative estimate of drug-likeness (QED) is 0.668. The highest BCUT2D eigenvalue weighted by atomic mass is 16.3. The van der Waals surface area contributed by atoms with Gasteiger partial charge in [-0.2, -0.15) is 4.57 Å². The van der Waals surface area contributed by atoms with Gasteiger partial charge in [0.05, 0.1) is 5.56 Å². The van der Waals surface area contributed by atoms with Crippen molar-refractivity contribution >= 4 is 5.91 Å². The van der Waals surface area contributed by atoms with Crippen molar-refractivity contribution in [2.45, 2.75) is 20.1 Å². The van der Waals surface area contributed by atoms with Gasteiger partial charge in [-0.15, -0.1) is 0 Å². The van der Waals surface area contributed by atoms with Crippen molar-refractivity contribution in [2.24, 2.45) is 0 Å². The van der Waals surface area contributed by atoms with E-state index < -0.39 is 0 Å². The lowest BCUT2D eigenvalue weighted by Gasteiger charge is -2.01. The first-order valence-electron chi connectivity index (χ1n) is 4.66. The zero-order chi connectivity index (χ0) is 10.4. The second kappa shape index (κ2) is 5.34. The highest BCUT2D eigenvalue weighted by Crippen LogP contribution is 1.94. The predicted octanol–water partition coefficient (Wildman–Crippen LogP) is 0.0637. The van der Waals surface area contributed by atoms with Crippen LogP contribution in [0.15, 0.2) is 24.5 Å². The second-order valence-electron chi connectivity index (χ2n) is 3.00. The summed E-state index contributed by atoms with van der Waals surface area (Å²) >= 11 is 0. The Morgan fingerprint density at radius 2 is 2.14 bits per heavy atom. The number of aliphatic hydroxyl groups excluding tert-OH is 1. The van der Waals surface area contributed by atoms with Crippen LogP contribution in [-0.4, -0.2) is 17.6 Å². The molecular weight excluding hydrogens is 180 g/mol. The molecule has 4 nitrogen and oxygen atoms in total. The molecule has 0 atom stereocenters. The number of carbonyl (C=O) groups excluding carboxylic acids is 1. The Hall–Kier alpha value is -1.42. The first kappa shape index (κ1) is 10.7. The largest absolute Gasteiger partial charge is 0.352 e. The van der Waals surface area contributed by atoms with Crippen LogP contribution in [0.5, 0.6) is 0 Å². The number of pyridine rings is 1. The maximum Gasteiger partial charge on any atom is 0.251 e. The van der Waals surface area contributed by atoms with E-state index in [0.717, 1.165) is 6.42 Å². The standard InChI is InChI=1S/C10H14N2O2/c1-2-5-11-10(14)9-3-6-12(8-13)7-4-9/h3-4,6-7,13H,2,5,8H2,1H3/p+1. The predicted molar refractivity (Wildman–Crippen MR) is 51.5 cm³/mol. The Labute approximate surface area is 83.2 Å². The summed E-state index contributed by atoms with van der Waals surface area (Å²) < 4.78 is 1.58. The summed E-state index contributed by atoms with van der Waals surface area (Å²) in [6.07, 6.45) is 4.26. The van der Waals surface area contributed by atoms with Gasteiger partial charge in [-0.1, -0.05) is 6.92 Å². The van der Waals surface area contributed by atoms with Crippen molar-refractivity contribution < 1.29 is 14.5 Å². The van der Waals surface area contributed by atoms with E-state index >= 15 is 0 Å². The Morgan fingerprint density at radius 3 is 2.64 bits per heavy atom. The molecule has 0 bridgehead atoms. The van der Waals surface area contributed by atoms with Crippen LogP contribution < -0.4 is 9.88 Å². The highest BCUT2D eigenvalue weighted by Gasteiger charge is 2.05. The van der Waals surface area contributed by atoms with Crippen LogP contribution in [0.4, 0.5) is 0 Å². The Bertz CT molecular complexity index is 295. The number of rotatable bonds is 4. The third-order valence-corrected chi connectivity index (χ3v) is 1.85. The molecule has 0 radical (unpaired) electrons. The van der Waals surface area contributed by atoms with Gasteiger partial charge in [-0.25, -0.2) is 0 Å². The van der Waals surface area contributed by atoms with Gasteiger partial charge in [-0.3, -0.25) is 4.79 Å². The average molecular weight is 195 g/mol. The van der Waals surface area contributed by atoms with E-state index in [-0.39, 0.29) is 12.6 Å². The van der Waals surface area contributed by atoms with Gasteiger partial charge in [0.2, 0.25) is 6.73 Å². The van der Waals surface area contributed by atoms with Gasteiger partial charge in [0.1, 0.15) is 0 Å². The summed E-state index contributed by atoms with van der Waals surface area (Å²) in [6, 6.07) is 3.36. The van der Waals surface area contributed by atoms with Gasteiger partial charge in [0.15, 0.2) is 12.4 Å². The van der Waals surface area contributed by atoms with Crippen molar-refractivity contribution in [2.75, 3.05) is 6.54 Å². The number of aromatic nitrogens is 1. The van der Waals surface area contributed by atoms with Crippen molar-refractivity contribution in [3.05, 3.63) is 30.1 Å². The molecule has 1 heterocycles. The van der Waals surface area contributed by atoms with Gasteiger partial charge in [-0.05, 0) is 6.42 Å². The smallest absolute Gasteiger partial charge is 0.251 e. The van der Waals surface area contributed by atoms with E-state index in [1.54, 1.807) is 29.1 Å². The van der Waals surface area contributed by atoms with Gasteiger partial charge in [0.25, 0.3) is 5.91 Å². The van der Waals surface area contributed by atoms with Crippen LogP contribution in [0.1, 0.15) is 23.7 Å². The van der Waals surface area contributed by atoms with E-state index in [2.05, 4.69) is 5.32 Å². The lowest BCUT2D eigenvalue weighted by Crippen LogP contribution is -2.33. The molecule has 4 heteroatoms. The van der Waals surface area contributed by atoms with Crippen molar-refractivity contribution in [1.82, 2.24) is 5.32 Å². The zero-order valence-electron chi connectivity index (χ0n) is 8.23. The van der Waals surface area contributed by atoms with Crippen LogP contribution in [0.3, 0.4) is 0 Å². The highest BCUT2D eigenvalue weighted by molar-refractivity contribution is 5.93. The molecule has 0 spiro atoms. The molecule has 1 aromatic heterocycles. The first-order chi connectivity index (χ1) is 6.77. The van der Waals surface area contributed by atoms with E-state index in [0.29, 0.717) is 12.1 Å². The molecule has 14 heavy (non-hydrogen) atoms. The van der Waals surface area contributed by atoms with E-state index in [4.69, 9.17) is 5.11 Å². The number of nitrogens with one attached hydrogen (secondary N) is 1. The molecule has 0 aromatic carbocycles. The number of carbonyl (C=O) groups is 1. The Balaban J connectivity index is 2.62. The lowest BCUT2D eigenvalue weighted by atomic mass is 10.2. The molecule has 0 saturated heterocycles. The summed E-state index contributed by atoms with van der Waals surface area (Å²) in [4.78, 5) is 11.4. The molecule has 0 fully saturated rings. The maximum atomic E-state index is 11.4. The number of amides is 1. The third kappa shape index (κ3) is 2.81. The minimum atomic E-state index is -0.0726. The molecule has 1 rings (SSSR count). The molecular formula is C10H15N2O2+. The summed E-state index contributed by atoms with van der Waals surface area (Å²) in [5.41, 5.74) is 0.614. The minimum absolute atomic E-state index is 0.0723. The molecule has 1 amide bonds. The van der Waals surface area contributed by atoms with Gasteiger partial charge in [0, 0.05) is 18.7 Å². The summed E-state index contributed by atoms with van der Waals surface area (Å²) in [5, 5.41) is 11.5. The van der Waals surface area contributed by atoms with E-state index in [1.807, 2.05) is 6.92 Å². The fourth-order valence-corrected chi connectivity index (χ4v) is 1.04. The molecule has 0 unspecified atom stereocenters. The summed E-state index contributed by atoms with van der Waals surface area (Å²) in [5.74, 6) is -0.0723. The molecule has 0 aliphatic rings. The van der Waals surface area contributed by atoms with Crippen LogP contribution in [0.2, 0.25) is 0 Å². The van der Waals surface area contributed by atoms with Crippen molar-refractivity contribution in [3.8, 4) is 0 Å². The maximum absolute atomic E-state index is 11.4. The molecule has 0 aliphatic carbocycles. The normalized spacial score (nSPS) is 9.86.